The highest BCUT2D eigenvalue weighted by atomic mass is 19.1. The molecule has 0 fully saturated rings. The molecule has 0 amide bonds. The molecule has 0 atom stereocenters. The van der Waals surface area contributed by atoms with Crippen LogP contribution in [0.1, 0.15) is 11.1 Å². The smallest absolute Gasteiger partial charge is 0.165 e. The number of hydrogen-bond donors (Lipinski definition) is 0. The molecule has 0 bridgehead atoms. The number of aryl methyl sites for hydroxylation is 1. The molecule has 0 N–H and O–H groups in total. The highest BCUT2D eigenvalue weighted by Gasteiger charge is 2.05. The summed E-state index contributed by atoms with van der Waals surface area (Å²) >= 11 is 0. The summed E-state index contributed by atoms with van der Waals surface area (Å²) in [7, 11) is 1.41. The molecule has 2 rings (SSSR count). The van der Waals surface area contributed by atoms with Crippen LogP contribution in [0.5, 0.6) is 11.5 Å². The van der Waals surface area contributed by atoms with E-state index in [1.54, 1.807) is 25.1 Å². The monoisotopic (exact) mass is 264 g/mol. The Morgan fingerprint density at radius 1 is 1.00 bits per heavy atom. The molecule has 0 unspecified atom stereocenters. The van der Waals surface area contributed by atoms with Crippen molar-refractivity contribution in [2.45, 2.75) is 13.5 Å². The first-order valence-corrected chi connectivity index (χ1v) is 5.81. The summed E-state index contributed by atoms with van der Waals surface area (Å²) in [4.78, 5) is 0. The lowest BCUT2D eigenvalue weighted by Gasteiger charge is -2.08. The lowest BCUT2D eigenvalue weighted by Crippen LogP contribution is -1.98. The molecule has 0 aliphatic carbocycles. The Balaban J connectivity index is 2.05. The minimum Gasteiger partial charge on any atom is -0.494 e. The van der Waals surface area contributed by atoms with Crippen LogP contribution < -0.4 is 9.47 Å². The fraction of sp³-hybridized carbons (Fsp3) is 0.200. The van der Waals surface area contributed by atoms with Crippen molar-refractivity contribution in [1.29, 1.82) is 0 Å². The third kappa shape index (κ3) is 3.22. The van der Waals surface area contributed by atoms with E-state index in [1.807, 2.05) is 0 Å². The average Bonchev–Trinajstić information content (AvgIpc) is 2.40. The molecule has 2 nitrogen and oxygen atoms in total. The minimum atomic E-state index is -0.446. The number of halogens is 2. The number of benzene rings is 2. The van der Waals surface area contributed by atoms with Crippen molar-refractivity contribution < 1.29 is 18.3 Å². The summed E-state index contributed by atoms with van der Waals surface area (Å²) in [6.07, 6.45) is 0. The van der Waals surface area contributed by atoms with E-state index in [1.165, 1.54) is 25.3 Å². The second-order valence-corrected chi connectivity index (χ2v) is 4.17. The van der Waals surface area contributed by atoms with Crippen molar-refractivity contribution in [3.8, 4) is 11.5 Å². The molecule has 2 aromatic carbocycles. The van der Waals surface area contributed by atoms with Gasteiger partial charge in [-0.25, -0.2) is 8.78 Å². The van der Waals surface area contributed by atoms with Gasteiger partial charge < -0.3 is 9.47 Å². The van der Waals surface area contributed by atoms with Gasteiger partial charge in [-0.2, -0.15) is 0 Å². The van der Waals surface area contributed by atoms with Crippen LogP contribution in [0.2, 0.25) is 0 Å². The van der Waals surface area contributed by atoms with Crippen LogP contribution in [0.3, 0.4) is 0 Å². The van der Waals surface area contributed by atoms with Crippen LogP contribution in [0.25, 0.3) is 0 Å². The fourth-order valence-corrected chi connectivity index (χ4v) is 1.63. The summed E-state index contributed by atoms with van der Waals surface area (Å²) in [6.45, 7) is 1.85. The Morgan fingerprint density at radius 2 is 1.79 bits per heavy atom. The van der Waals surface area contributed by atoms with E-state index in [0.717, 1.165) is 0 Å². The van der Waals surface area contributed by atoms with E-state index >= 15 is 0 Å². The van der Waals surface area contributed by atoms with E-state index in [9.17, 15) is 8.78 Å². The van der Waals surface area contributed by atoms with Crippen LogP contribution in [-0.2, 0) is 6.61 Å². The van der Waals surface area contributed by atoms with Gasteiger partial charge in [0, 0.05) is 6.07 Å². The first kappa shape index (κ1) is 13.3. The maximum Gasteiger partial charge on any atom is 0.165 e. The summed E-state index contributed by atoms with van der Waals surface area (Å²) < 4.78 is 37.0. The maximum absolute atomic E-state index is 13.5. The van der Waals surface area contributed by atoms with E-state index in [4.69, 9.17) is 9.47 Å². The highest BCUT2D eigenvalue weighted by molar-refractivity contribution is 5.31. The van der Waals surface area contributed by atoms with Gasteiger partial charge in [0.1, 0.15) is 18.2 Å². The predicted molar refractivity (Wildman–Crippen MR) is 68.4 cm³/mol. The standard InChI is InChI=1S/C15H14F2O2/c1-10-3-5-12(8-13(10)16)19-9-11-4-6-15(18-2)14(17)7-11/h3-8H,9H2,1-2H3. The third-order valence-electron chi connectivity index (χ3n) is 2.77. The van der Waals surface area contributed by atoms with Crippen molar-refractivity contribution >= 4 is 0 Å². The number of ether oxygens (including phenoxy) is 2. The lowest BCUT2D eigenvalue weighted by atomic mass is 10.2. The molecule has 0 radical (unpaired) electrons. The normalized spacial score (nSPS) is 10.3. The second kappa shape index (κ2) is 5.69. The Kier molecular flexibility index (Phi) is 4.00. The Hall–Kier alpha value is -2.10. The number of hydrogen-bond acceptors (Lipinski definition) is 2. The van der Waals surface area contributed by atoms with Crippen LogP contribution >= 0.6 is 0 Å². The van der Waals surface area contributed by atoms with Gasteiger partial charge in [0.05, 0.1) is 7.11 Å². The topological polar surface area (TPSA) is 18.5 Å². The SMILES string of the molecule is COc1ccc(COc2ccc(C)c(F)c2)cc1F. The van der Waals surface area contributed by atoms with E-state index in [2.05, 4.69) is 0 Å². The van der Waals surface area contributed by atoms with Crippen LogP contribution in [0.4, 0.5) is 8.78 Å². The largest absolute Gasteiger partial charge is 0.494 e. The molecule has 0 saturated carbocycles. The number of methoxy groups -OCH3 is 1. The van der Waals surface area contributed by atoms with Crippen molar-refractivity contribution in [3.63, 3.8) is 0 Å². The van der Waals surface area contributed by atoms with Gasteiger partial charge in [0.15, 0.2) is 11.6 Å². The van der Waals surface area contributed by atoms with Gasteiger partial charge in [-0.05, 0) is 36.2 Å². The van der Waals surface area contributed by atoms with Gasteiger partial charge >= 0.3 is 0 Å². The predicted octanol–water partition coefficient (Wildman–Crippen LogP) is 3.86. The van der Waals surface area contributed by atoms with Crippen molar-refractivity contribution in [2.24, 2.45) is 0 Å². The third-order valence-corrected chi connectivity index (χ3v) is 2.77. The first-order chi connectivity index (χ1) is 9.10. The molecule has 0 spiro atoms. The summed E-state index contributed by atoms with van der Waals surface area (Å²) in [5.74, 6) is -0.165. The molecule has 19 heavy (non-hydrogen) atoms. The molecule has 2 aromatic rings. The molecule has 100 valence electrons. The molecule has 0 aliphatic rings. The van der Waals surface area contributed by atoms with Gasteiger partial charge in [0.25, 0.3) is 0 Å². The zero-order valence-electron chi connectivity index (χ0n) is 10.7. The maximum atomic E-state index is 13.5. The molecule has 0 aliphatic heterocycles. The molecular weight excluding hydrogens is 250 g/mol. The second-order valence-electron chi connectivity index (χ2n) is 4.17. The molecule has 0 saturated heterocycles. The van der Waals surface area contributed by atoms with Crippen LogP contribution in [-0.4, -0.2) is 7.11 Å². The van der Waals surface area contributed by atoms with E-state index in [0.29, 0.717) is 16.9 Å². The molecule has 0 aromatic heterocycles. The first-order valence-electron chi connectivity index (χ1n) is 5.81. The van der Waals surface area contributed by atoms with Gasteiger partial charge in [0.2, 0.25) is 0 Å². The van der Waals surface area contributed by atoms with Gasteiger partial charge in [-0.3, -0.25) is 0 Å². The lowest BCUT2D eigenvalue weighted by molar-refractivity contribution is 0.303. The van der Waals surface area contributed by atoms with Crippen LogP contribution in [0, 0.1) is 18.6 Å². The number of rotatable bonds is 4. The Morgan fingerprint density at radius 3 is 2.42 bits per heavy atom. The average molecular weight is 264 g/mol. The van der Waals surface area contributed by atoms with Crippen LogP contribution in [0.15, 0.2) is 36.4 Å². The van der Waals surface area contributed by atoms with E-state index in [-0.39, 0.29) is 18.2 Å². The quantitative estimate of drug-likeness (QED) is 0.834. The van der Waals surface area contributed by atoms with E-state index < -0.39 is 5.82 Å². The molecule has 4 heteroatoms. The minimum absolute atomic E-state index is 0.170. The van der Waals surface area contributed by atoms with Gasteiger partial charge in [-0.1, -0.05) is 12.1 Å². The summed E-state index contributed by atoms with van der Waals surface area (Å²) in [5, 5.41) is 0. The van der Waals surface area contributed by atoms with Crippen molar-refractivity contribution in [3.05, 3.63) is 59.2 Å². The van der Waals surface area contributed by atoms with Crippen molar-refractivity contribution in [1.82, 2.24) is 0 Å². The highest BCUT2D eigenvalue weighted by Crippen LogP contribution is 2.20. The van der Waals surface area contributed by atoms with Gasteiger partial charge in [-0.15, -0.1) is 0 Å². The summed E-state index contributed by atoms with van der Waals surface area (Å²) in [6, 6.07) is 9.20. The van der Waals surface area contributed by atoms with Crippen molar-refractivity contribution in [2.75, 3.05) is 7.11 Å². The Bertz CT molecular complexity index is 582. The summed E-state index contributed by atoms with van der Waals surface area (Å²) in [5.41, 5.74) is 1.21. The Labute approximate surface area is 110 Å². The fourth-order valence-electron chi connectivity index (χ4n) is 1.63. The zero-order valence-corrected chi connectivity index (χ0v) is 10.7. The zero-order chi connectivity index (χ0) is 13.8. The molecule has 0 heterocycles. The molecular formula is C15H14F2O2.